The number of carbonyl (C=O) groups is 1. The molecule has 3 nitrogen and oxygen atoms in total. The normalized spacial score (nSPS) is 23.9. The SMILES string of the molecule is CC(C)C(C)N(C)C(=O)C1CCNC1. The van der Waals surface area contributed by atoms with E-state index in [1.54, 1.807) is 0 Å². The number of hydrogen-bond donors (Lipinski definition) is 1. The first-order chi connectivity index (χ1) is 6.54. The van der Waals surface area contributed by atoms with E-state index in [1.807, 2.05) is 11.9 Å². The summed E-state index contributed by atoms with van der Waals surface area (Å²) in [4.78, 5) is 13.9. The minimum absolute atomic E-state index is 0.209. The number of rotatable bonds is 3. The Hall–Kier alpha value is -0.570. The second-order valence-corrected chi connectivity index (χ2v) is 4.62. The highest BCUT2D eigenvalue weighted by Gasteiger charge is 2.28. The lowest BCUT2D eigenvalue weighted by Gasteiger charge is -2.30. The largest absolute Gasteiger partial charge is 0.343 e. The predicted molar refractivity (Wildman–Crippen MR) is 58.0 cm³/mol. The quantitative estimate of drug-likeness (QED) is 0.736. The van der Waals surface area contributed by atoms with Gasteiger partial charge in [-0.3, -0.25) is 4.79 Å². The van der Waals surface area contributed by atoms with Crippen molar-refractivity contribution in [1.29, 1.82) is 0 Å². The van der Waals surface area contributed by atoms with Crippen molar-refractivity contribution >= 4 is 5.91 Å². The van der Waals surface area contributed by atoms with E-state index in [-0.39, 0.29) is 5.92 Å². The third-order valence-electron chi connectivity index (χ3n) is 3.33. The molecular formula is C11H22N2O. The maximum Gasteiger partial charge on any atom is 0.227 e. The molecule has 0 spiro atoms. The van der Waals surface area contributed by atoms with Crippen LogP contribution in [0.4, 0.5) is 0 Å². The van der Waals surface area contributed by atoms with Crippen molar-refractivity contribution in [3.63, 3.8) is 0 Å². The fourth-order valence-corrected chi connectivity index (χ4v) is 1.80. The van der Waals surface area contributed by atoms with Crippen LogP contribution in [0, 0.1) is 11.8 Å². The molecule has 0 aromatic rings. The fourth-order valence-electron chi connectivity index (χ4n) is 1.80. The molecule has 1 aliphatic rings. The number of carbonyl (C=O) groups excluding carboxylic acids is 1. The van der Waals surface area contributed by atoms with E-state index in [0.29, 0.717) is 17.9 Å². The van der Waals surface area contributed by atoms with Gasteiger partial charge < -0.3 is 10.2 Å². The van der Waals surface area contributed by atoms with E-state index in [1.165, 1.54) is 0 Å². The van der Waals surface area contributed by atoms with Gasteiger partial charge in [0.05, 0.1) is 5.92 Å². The first-order valence-corrected chi connectivity index (χ1v) is 5.51. The molecule has 0 aliphatic carbocycles. The summed E-state index contributed by atoms with van der Waals surface area (Å²) in [7, 11) is 1.92. The Labute approximate surface area is 86.9 Å². The van der Waals surface area contributed by atoms with Crippen LogP contribution in [0.25, 0.3) is 0 Å². The van der Waals surface area contributed by atoms with Crippen LogP contribution >= 0.6 is 0 Å². The smallest absolute Gasteiger partial charge is 0.227 e. The van der Waals surface area contributed by atoms with Gasteiger partial charge in [0.1, 0.15) is 0 Å². The third-order valence-corrected chi connectivity index (χ3v) is 3.33. The summed E-state index contributed by atoms with van der Waals surface area (Å²) in [6.07, 6.45) is 0.994. The summed E-state index contributed by atoms with van der Waals surface area (Å²) in [5, 5.41) is 3.23. The Balaban J connectivity index is 2.50. The first kappa shape index (κ1) is 11.5. The predicted octanol–water partition coefficient (Wildman–Crippen LogP) is 1.10. The fraction of sp³-hybridized carbons (Fsp3) is 0.909. The van der Waals surface area contributed by atoms with Crippen LogP contribution in [0.5, 0.6) is 0 Å². The molecule has 0 aromatic heterocycles. The Morgan fingerprint density at radius 1 is 1.43 bits per heavy atom. The van der Waals surface area contributed by atoms with Crippen LogP contribution in [0.15, 0.2) is 0 Å². The molecule has 0 aromatic carbocycles. The van der Waals surface area contributed by atoms with Crippen LogP contribution in [0.3, 0.4) is 0 Å². The standard InChI is InChI=1S/C11H22N2O/c1-8(2)9(3)13(4)11(14)10-5-6-12-7-10/h8-10,12H,5-7H2,1-4H3. The van der Waals surface area contributed by atoms with Gasteiger partial charge in [-0.25, -0.2) is 0 Å². The van der Waals surface area contributed by atoms with Crippen molar-refractivity contribution < 1.29 is 4.79 Å². The lowest BCUT2D eigenvalue weighted by atomic mass is 10.0. The van der Waals surface area contributed by atoms with Crippen LogP contribution in [0.1, 0.15) is 27.2 Å². The van der Waals surface area contributed by atoms with E-state index in [4.69, 9.17) is 0 Å². The lowest BCUT2D eigenvalue weighted by molar-refractivity contribution is -0.136. The van der Waals surface area contributed by atoms with Crippen molar-refractivity contribution in [1.82, 2.24) is 10.2 Å². The van der Waals surface area contributed by atoms with E-state index < -0.39 is 0 Å². The summed E-state index contributed by atoms with van der Waals surface area (Å²) in [6, 6.07) is 0.336. The molecule has 0 bridgehead atoms. The van der Waals surface area contributed by atoms with Crippen molar-refractivity contribution in [3.8, 4) is 0 Å². The number of amides is 1. The van der Waals surface area contributed by atoms with E-state index in [2.05, 4.69) is 26.1 Å². The van der Waals surface area contributed by atoms with Gasteiger partial charge in [-0.05, 0) is 25.8 Å². The summed E-state index contributed by atoms with van der Waals surface area (Å²) < 4.78 is 0. The van der Waals surface area contributed by atoms with Crippen LogP contribution in [0.2, 0.25) is 0 Å². The Morgan fingerprint density at radius 2 is 2.07 bits per heavy atom. The molecule has 1 aliphatic heterocycles. The maximum atomic E-state index is 12.0. The average molecular weight is 198 g/mol. The Bertz CT molecular complexity index is 197. The minimum Gasteiger partial charge on any atom is -0.343 e. The van der Waals surface area contributed by atoms with Crippen molar-refractivity contribution in [2.24, 2.45) is 11.8 Å². The Morgan fingerprint density at radius 3 is 2.50 bits per heavy atom. The van der Waals surface area contributed by atoms with Crippen molar-refractivity contribution in [2.45, 2.75) is 33.2 Å². The van der Waals surface area contributed by atoms with Crippen molar-refractivity contribution in [2.75, 3.05) is 20.1 Å². The summed E-state index contributed by atoms with van der Waals surface area (Å²) in [6.45, 7) is 8.27. The van der Waals surface area contributed by atoms with Gasteiger partial charge in [0.2, 0.25) is 5.91 Å². The number of nitrogens with one attached hydrogen (secondary N) is 1. The molecule has 14 heavy (non-hydrogen) atoms. The number of nitrogens with zero attached hydrogens (tertiary/aromatic N) is 1. The molecule has 0 radical (unpaired) electrons. The molecule has 82 valence electrons. The topological polar surface area (TPSA) is 32.3 Å². The van der Waals surface area contributed by atoms with Crippen LogP contribution < -0.4 is 5.32 Å². The summed E-state index contributed by atoms with van der Waals surface area (Å²) >= 11 is 0. The monoisotopic (exact) mass is 198 g/mol. The molecular weight excluding hydrogens is 176 g/mol. The van der Waals surface area contributed by atoms with Gasteiger partial charge in [0.15, 0.2) is 0 Å². The molecule has 1 rings (SSSR count). The van der Waals surface area contributed by atoms with Crippen molar-refractivity contribution in [3.05, 3.63) is 0 Å². The zero-order chi connectivity index (χ0) is 10.7. The molecule has 2 unspecified atom stereocenters. The zero-order valence-corrected chi connectivity index (χ0v) is 9.71. The second kappa shape index (κ2) is 4.78. The molecule has 1 N–H and O–H groups in total. The minimum atomic E-state index is 0.209. The van der Waals surface area contributed by atoms with E-state index >= 15 is 0 Å². The zero-order valence-electron chi connectivity index (χ0n) is 9.71. The molecule has 0 saturated carbocycles. The third kappa shape index (κ3) is 2.47. The summed E-state index contributed by atoms with van der Waals surface area (Å²) in [5.41, 5.74) is 0. The first-order valence-electron chi connectivity index (χ1n) is 5.51. The molecule has 1 amide bonds. The maximum absolute atomic E-state index is 12.0. The highest BCUT2D eigenvalue weighted by atomic mass is 16.2. The molecule has 1 heterocycles. The van der Waals surface area contributed by atoms with Gasteiger partial charge in [-0.1, -0.05) is 13.8 Å². The molecule has 3 heteroatoms. The Kier molecular flexibility index (Phi) is 3.93. The molecule has 1 fully saturated rings. The highest BCUT2D eigenvalue weighted by molar-refractivity contribution is 5.79. The average Bonchev–Trinajstić information content (AvgIpc) is 2.67. The summed E-state index contributed by atoms with van der Waals surface area (Å²) in [5.74, 6) is 1.04. The lowest BCUT2D eigenvalue weighted by Crippen LogP contribution is -2.42. The number of hydrogen-bond acceptors (Lipinski definition) is 2. The molecule has 1 saturated heterocycles. The van der Waals surface area contributed by atoms with Gasteiger partial charge in [0.25, 0.3) is 0 Å². The van der Waals surface area contributed by atoms with Gasteiger partial charge in [-0.15, -0.1) is 0 Å². The van der Waals surface area contributed by atoms with E-state index in [9.17, 15) is 4.79 Å². The van der Waals surface area contributed by atoms with Crippen LogP contribution in [-0.4, -0.2) is 37.0 Å². The van der Waals surface area contributed by atoms with Gasteiger partial charge in [0, 0.05) is 19.6 Å². The second-order valence-electron chi connectivity index (χ2n) is 4.62. The highest BCUT2D eigenvalue weighted by Crippen LogP contribution is 2.15. The van der Waals surface area contributed by atoms with Gasteiger partial charge >= 0.3 is 0 Å². The van der Waals surface area contributed by atoms with Crippen LogP contribution in [-0.2, 0) is 4.79 Å². The molecule has 2 atom stereocenters. The van der Waals surface area contributed by atoms with Gasteiger partial charge in [-0.2, -0.15) is 0 Å². The van der Waals surface area contributed by atoms with E-state index in [0.717, 1.165) is 19.5 Å².